The lowest BCUT2D eigenvalue weighted by Gasteiger charge is -2.18. The molecule has 2 aromatic rings. The Balaban J connectivity index is 1.96. The first kappa shape index (κ1) is 22.8. The van der Waals surface area contributed by atoms with Crippen molar-refractivity contribution in [2.75, 3.05) is 0 Å². The Hall–Kier alpha value is -2.88. The van der Waals surface area contributed by atoms with Crippen molar-refractivity contribution >= 4 is 17.6 Å². The lowest BCUT2D eigenvalue weighted by Crippen LogP contribution is -2.22. The van der Waals surface area contributed by atoms with E-state index in [9.17, 15) is 14.3 Å². The molecule has 0 aliphatic heterocycles. The molecule has 0 aromatic heterocycles. The van der Waals surface area contributed by atoms with Gasteiger partial charge in [0.05, 0.1) is 0 Å². The topological polar surface area (TPSA) is 46.5 Å². The highest BCUT2D eigenvalue weighted by molar-refractivity contribution is 5.88. The van der Waals surface area contributed by atoms with E-state index in [0.29, 0.717) is 5.56 Å². The number of carbonyl (C=O) groups excluding carboxylic acids is 1. The molecule has 1 aliphatic carbocycles. The lowest BCUT2D eigenvalue weighted by molar-refractivity contribution is -0.148. The van der Waals surface area contributed by atoms with Gasteiger partial charge in [-0.3, -0.25) is 0 Å². The summed E-state index contributed by atoms with van der Waals surface area (Å²) in [7, 11) is 0. The Bertz CT molecular complexity index is 986. The predicted octanol–water partition coefficient (Wildman–Crippen LogP) is 7.04. The predicted molar refractivity (Wildman–Crippen MR) is 123 cm³/mol. The van der Waals surface area contributed by atoms with Gasteiger partial charge in [-0.15, -0.1) is 0 Å². The van der Waals surface area contributed by atoms with Crippen molar-refractivity contribution in [3.05, 3.63) is 76.6 Å². The smallest absolute Gasteiger partial charge is 0.331 e. The second kappa shape index (κ2) is 9.95. The van der Waals surface area contributed by atoms with E-state index in [-0.39, 0.29) is 5.75 Å². The lowest BCUT2D eigenvalue weighted by atomic mass is 9.89. The maximum absolute atomic E-state index is 15.0. The average Bonchev–Trinajstić information content (AvgIpc) is 2.96. The van der Waals surface area contributed by atoms with Crippen LogP contribution in [0.5, 0.6) is 5.75 Å². The van der Waals surface area contributed by atoms with Crippen LogP contribution >= 0.6 is 0 Å². The summed E-state index contributed by atoms with van der Waals surface area (Å²) in [5, 5.41) is 10.0. The molecule has 3 rings (SSSR count). The number of esters is 1. The first-order chi connectivity index (χ1) is 14.7. The van der Waals surface area contributed by atoms with E-state index in [1.165, 1.54) is 36.6 Å². The van der Waals surface area contributed by atoms with E-state index in [0.717, 1.165) is 42.4 Å². The molecule has 1 N–H and O–H groups in total. The quantitative estimate of drug-likeness (QED) is 0.326. The molecular weight excluding hydrogens is 391 g/mol. The average molecular weight is 423 g/mol. The highest BCUT2D eigenvalue weighted by Crippen LogP contribution is 2.36. The van der Waals surface area contributed by atoms with Crippen LogP contribution in [0.3, 0.4) is 0 Å². The number of ether oxygens (including phenoxy) is 1. The number of rotatable bonds is 4. The maximum atomic E-state index is 15.0. The fourth-order valence-electron chi connectivity index (χ4n) is 3.95. The van der Waals surface area contributed by atoms with Crippen molar-refractivity contribution in [1.82, 2.24) is 0 Å². The van der Waals surface area contributed by atoms with E-state index in [1.54, 1.807) is 39.0 Å². The van der Waals surface area contributed by atoms with Gasteiger partial charge in [-0.25, -0.2) is 9.18 Å². The summed E-state index contributed by atoms with van der Waals surface area (Å²) >= 11 is 0. The monoisotopic (exact) mass is 422 g/mol. The SMILES string of the molecule is CC(C)(C)OC(=O)C=Cc1ccc(C(=C2CCCCCC2)c2cccc(O)c2)cc1F. The van der Waals surface area contributed by atoms with Gasteiger partial charge in [0.1, 0.15) is 17.2 Å². The first-order valence-corrected chi connectivity index (χ1v) is 11.0. The van der Waals surface area contributed by atoms with Crippen LogP contribution in [0.1, 0.15) is 76.0 Å². The number of halogens is 1. The molecule has 0 unspecified atom stereocenters. The Kier molecular flexibility index (Phi) is 7.32. The standard InChI is InChI=1S/C27H31FO3/c1-27(2,3)31-25(30)16-15-19-13-14-22(18-24(19)28)26(20-9-6-4-5-7-10-20)21-11-8-12-23(29)17-21/h8,11-18,29H,4-7,9-10H2,1-3H3. The number of hydrogen-bond donors (Lipinski definition) is 1. The number of benzene rings is 2. The number of carbonyl (C=O) groups is 1. The minimum absolute atomic E-state index is 0.196. The Morgan fingerprint density at radius 1 is 1.00 bits per heavy atom. The second-order valence-electron chi connectivity index (χ2n) is 9.05. The van der Waals surface area contributed by atoms with Crippen LogP contribution in [0.4, 0.5) is 4.39 Å². The van der Waals surface area contributed by atoms with Gasteiger partial charge in [0.25, 0.3) is 0 Å². The molecular formula is C27H31FO3. The van der Waals surface area contributed by atoms with Crippen LogP contribution < -0.4 is 0 Å². The largest absolute Gasteiger partial charge is 0.508 e. The summed E-state index contributed by atoms with van der Waals surface area (Å²) < 4.78 is 20.2. The van der Waals surface area contributed by atoms with E-state index in [1.807, 2.05) is 18.2 Å². The number of hydrogen-bond acceptors (Lipinski definition) is 3. The van der Waals surface area contributed by atoms with Crippen molar-refractivity contribution < 1.29 is 19.0 Å². The molecule has 164 valence electrons. The maximum Gasteiger partial charge on any atom is 0.331 e. The molecule has 0 atom stereocenters. The summed E-state index contributed by atoms with van der Waals surface area (Å²) in [4.78, 5) is 11.9. The molecule has 1 aliphatic rings. The minimum Gasteiger partial charge on any atom is -0.508 e. The van der Waals surface area contributed by atoms with Gasteiger partial charge >= 0.3 is 5.97 Å². The van der Waals surface area contributed by atoms with Crippen molar-refractivity contribution in [2.24, 2.45) is 0 Å². The van der Waals surface area contributed by atoms with E-state index < -0.39 is 17.4 Å². The summed E-state index contributed by atoms with van der Waals surface area (Å²) in [6.07, 6.45) is 9.32. The van der Waals surface area contributed by atoms with Crippen LogP contribution in [0.25, 0.3) is 11.6 Å². The number of phenolic OH excluding ortho intramolecular Hbond substituents is 1. The van der Waals surface area contributed by atoms with E-state index in [2.05, 4.69) is 0 Å². The van der Waals surface area contributed by atoms with Crippen LogP contribution in [0, 0.1) is 5.82 Å². The number of aromatic hydroxyl groups is 1. The molecule has 0 amide bonds. The van der Waals surface area contributed by atoms with Gasteiger partial charge in [0.15, 0.2) is 0 Å². The third kappa shape index (κ3) is 6.55. The molecule has 0 spiro atoms. The van der Waals surface area contributed by atoms with Crippen LogP contribution in [-0.2, 0) is 9.53 Å². The third-order valence-electron chi connectivity index (χ3n) is 5.29. The van der Waals surface area contributed by atoms with Gasteiger partial charge in [-0.05, 0) is 87.4 Å². The Morgan fingerprint density at radius 2 is 1.68 bits per heavy atom. The van der Waals surface area contributed by atoms with E-state index >= 15 is 0 Å². The third-order valence-corrected chi connectivity index (χ3v) is 5.29. The molecule has 1 saturated carbocycles. The van der Waals surface area contributed by atoms with Crippen LogP contribution in [-0.4, -0.2) is 16.7 Å². The van der Waals surface area contributed by atoms with Gasteiger partial charge in [-0.2, -0.15) is 0 Å². The molecule has 31 heavy (non-hydrogen) atoms. The fraction of sp³-hybridized carbons (Fsp3) is 0.370. The molecule has 0 heterocycles. The zero-order valence-electron chi connectivity index (χ0n) is 18.6. The highest BCUT2D eigenvalue weighted by atomic mass is 19.1. The van der Waals surface area contributed by atoms with Crippen molar-refractivity contribution in [3.63, 3.8) is 0 Å². The van der Waals surface area contributed by atoms with Crippen LogP contribution in [0.15, 0.2) is 54.1 Å². The molecule has 4 heteroatoms. The molecule has 1 fully saturated rings. The molecule has 2 aromatic carbocycles. The van der Waals surface area contributed by atoms with E-state index in [4.69, 9.17) is 4.74 Å². The van der Waals surface area contributed by atoms with Crippen molar-refractivity contribution in [1.29, 1.82) is 0 Å². The molecule has 3 nitrogen and oxygen atoms in total. The summed E-state index contributed by atoms with van der Waals surface area (Å²) in [6, 6.07) is 12.2. The highest BCUT2D eigenvalue weighted by Gasteiger charge is 2.17. The Labute approximate surface area is 184 Å². The number of allylic oxidation sites excluding steroid dienone is 1. The molecule has 0 bridgehead atoms. The summed E-state index contributed by atoms with van der Waals surface area (Å²) in [6.45, 7) is 5.37. The molecule has 0 radical (unpaired) electrons. The minimum atomic E-state index is -0.592. The first-order valence-electron chi connectivity index (χ1n) is 11.0. The van der Waals surface area contributed by atoms with Crippen molar-refractivity contribution in [2.45, 2.75) is 64.9 Å². The van der Waals surface area contributed by atoms with Crippen molar-refractivity contribution in [3.8, 4) is 5.75 Å². The summed E-state index contributed by atoms with van der Waals surface area (Å²) in [5.74, 6) is -0.706. The fourth-order valence-corrected chi connectivity index (χ4v) is 3.95. The number of phenols is 1. The van der Waals surface area contributed by atoms with Gasteiger partial charge in [0.2, 0.25) is 0 Å². The van der Waals surface area contributed by atoms with Crippen LogP contribution in [0.2, 0.25) is 0 Å². The molecule has 0 saturated heterocycles. The second-order valence-corrected chi connectivity index (χ2v) is 9.05. The summed E-state index contributed by atoms with van der Waals surface area (Å²) in [5.41, 5.74) is 3.72. The van der Waals surface area contributed by atoms with Gasteiger partial charge in [0, 0.05) is 11.6 Å². The normalized spacial score (nSPS) is 15.0. The Morgan fingerprint density at radius 3 is 2.29 bits per heavy atom. The zero-order valence-corrected chi connectivity index (χ0v) is 18.6. The van der Waals surface area contributed by atoms with Gasteiger partial charge in [-0.1, -0.05) is 42.7 Å². The zero-order chi connectivity index (χ0) is 22.4. The van der Waals surface area contributed by atoms with Gasteiger partial charge < -0.3 is 9.84 Å².